The summed E-state index contributed by atoms with van der Waals surface area (Å²) in [6.07, 6.45) is 0.939. The van der Waals surface area contributed by atoms with E-state index in [0.29, 0.717) is 28.4 Å². The number of ketones is 1. The first-order valence-electron chi connectivity index (χ1n) is 7.08. The van der Waals surface area contributed by atoms with Gasteiger partial charge in [0.2, 0.25) is 5.75 Å². The van der Waals surface area contributed by atoms with E-state index >= 15 is 0 Å². The lowest BCUT2D eigenvalue weighted by atomic mass is 10.00. The van der Waals surface area contributed by atoms with Crippen molar-refractivity contribution in [3.63, 3.8) is 0 Å². The number of carbonyl (C=O) groups is 1. The Bertz CT molecular complexity index is 660. The minimum Gasteiger partial charge on any atom is -0.493 e. The van der Waals surface area contributed by atoms with Crippen LogP contribution >= 0.6 is 0 Å². The second kappa shape index (κ2) is 6.98. The Labute approximate surface area is 130 Å². The molecule has 2 aromatic carbocycles. The molecule has 0 aromatic heterocycles. The third kappa shape index (κ3) is 2.91. The van der Waals surface area contributed by atoms with Gasteiger partial charge in [-0.3, -0.25) is 4.79 Å². The van der Waals surface area contributed by atoms with Crippen LogP contribution in [0.25, 0.3) is 0 Å². The second-order valence-corrected chi connectivity index (χ2v) is 4.76. The van der Waals surface area contributed by atoms with Crippen molar-refractivity contribution < 1.29 is 19.0 Å². The van der Waals surface area contributed by atoms with Crippen LogP contribution in [0.4, 0.5) is 0 Å². The van der Waals surface area contributed by atoms with Crippen molar-refractivity contribution in [2.75, 3.05) is 21.3 Å². The van der Waals surface area contributed by atoms with Gasteiger partial charge in [-0.1, -0.05) is 31.2 Å². The Kier molecular flexibility index (Phi) is 5.04. The molecule has 0 radical (unpaired) electrons. The van der Waals surface area contributed by atoms with Gasteiger partial charge in [-0.2, -0.15) is 0 Å². The maximum Gasteiger partial charge on any atom is 0.204 e. The number of hydrogen-bond donors (Lipinski definition) is 0. The molecular formula is C18H20O4. The van der Waals surface area contributed by atoms with Gasteiger partial charge < -0.3 is 14.2 Å². The third-order valence-electron chi connectivity index (χ3n) is 3.57. The molecule has 0 unspecified atom stereocenters. The van der Waals surface area contributed by atoms with Gasteiger partial charge in [-0.25, -0.2) is 0 Å². The van der Waals surface area contributed by atoms with Gasteiger partial charge >= 0.3 is 0 Å². The Morgan fingerprint density at radius 2 is 1.50 bits per heavy atom. The third-order valence-corrected chi connectivity index (χ3v) is 3.57. The highest BCUT2D eigenvalue weighted by molar-refractivity contribution is 6.11. The zero-order valence-corrected chi connectivity index (χ0v) is 13.3. The van der Waals surface area contributed by atoms with Crippen molar-refractivity contribution >= 4 is 5.78 Å². The predicted molar refractivity (Wildman–Crippen MR) is 85.4 cm³/mol. The van der Waals surface area contributed by atoms with E-state index in [1.807, 2.05) is 24.3 Å². The van der Waals surface area contributed by atoms with Gasteiger partial charge in [0.1, 0.15) is 0 Å². The first kappa shape index (κ1) is 15.9. The van der Waals surface area contributed by atoms with Crippen LogP contribution in [0.3, 0.4) is 0 Å². The zero-order valence-electron chi connectivity index (χ0n) is 13.3. The van der Waals surface area contributed by atoms with Gasteiger partial charge in [0.15, 0.2) is 17.3 Å². The fraction of sp³-hybridized carbons (Fsp3) is 0.278. The molecule has 2 aromatic rings. The van der Waals surface area contributed by atoms with Crippen molar-refractivity contribution in [3.05, 3.63) is 53.1 Å². The summed E-state index contributed by atoms with van der Waals surface area (Å²) in [5.41, 5.74) is 2.25. The van der Waals surface area contributed by atoms with E-state index in [-0.39, 0.29) is 5.78 Å². The molecule has 0 bridgehead atoms. The summed E-state index contributed by atoms with van der Waals surface area (Å²) < 4.78 is 15.9. The second-order valence-electron chi connectivity index (χ2n) is 4.76. The monoisotopic (exact) mass is 300 g/mol. The molecule has 2 rings (SSSR count). The van der Waals surface area contributed by atoms with Crippen LogP contribution in [-0.4, -0.2) is 27.1 Å². The molecule has 0 saturated heterocycles. The number of benzene rings is 2. The summed E-state index contributed by atoms with van der Waals surface area (Å²) in [6.45, 7) is 2.08. The normalized spacial score (nSPS) is 10.2. The number of aryl methyl sites for hydroxylation is 1. The van der Waals surface area contributed by atoms with Crippen LogP contribution in [-0.2, 0) is 6.42 Å². The maximum atomic E-state index is 12.7. The number of ether oxygens (including phenoxy) is 3. The molecule has 0 atom stereocenters. The molecule has 0 aliphatic heterocycles. The first-order valence-corrected chi connectivity index (χ1v) is 7.08. The van der Waals surface area contributed by atoms with E-state index in [1.54, 1.807) is 19.2 Å². The quantitative estimate of drug-likeness (QED) is 0.766. The summed E-state index contributed by atoms with van der Waals surface area (Å²) in [5, 5.41) is 0. The van der Waals surface area contributed by atoms with E-state index in [4.69, 9.17) is 14.2 Å². The largest absolute Gasteiger partial charge is 0.493 e. The summed E-state index contributed by atoms with van der Waals surface area (Å²) in [5.74, 6) is 1.21. The van der Waals surface area contributed by atoms with Crippen LogP contribution in [0.1, 0.15) is 28.4 Å². The van der Waals surface area contributed by atoms with Crippen molar-refractivity contribution in [1.82, 2.24) is 0 Å². The van der Waals surface area contributed by atoms with Gasteiger partial charge in [0, 0.05) is 5.56 Å². The molecule has 0 saturated carbocycles. The van der Waals surface area contributed by atoms with E-state index in [0.717, 1.165) is 6.42 Å². The lowest BCUT2D eigenvalue weighted by Gasteiger charge is -2.15. The Balaban J connectivity index is 2.48. The standard InChI is InChI=1S/C18H20O4/c1-5-12-6-8-13(9-7-12)16(19)14-10-11-15(20-2)18(22-4)17(14)21-3/h6-11H,5H2,1-4H3. The SMILES string of the molecule is CCc1ccc(C(=O)c2ccc(OC)c(OC)c2OC)cc1. The minimum absolute atomic E-state index is 0.111. The van der Waals surface area contributed by atoms with Gasteiger partial charge in [0.25, 0.3) is 0 Å². The molecule has 0 aliphatic rings. The molecule has 0 N–H and O–H groups in total. The van der Waals surface area contributed by atoms with Gasteiger partial charge in [0.05, 0.1) is 26.9 Å². The highest BCUT2D eigenvalue weighted by Crippen LogP contribution is 2.40. The zero-order chi connectivity index (χ0) is 16.1. The summed E-state index contributed by atoms with van der Waals surface area (Å²) in [7, 11) is 4.57. The van der Waals surface area contributed by atoms with E-state index < -0.39 is 0 Å². The average molecular weight is 300 g/mol. The fourth-order valence-electron chi connectivity index (χ4n) is 2.33. The van der Waals surface area contributed by atoms with Crippen LogP contribution in [0, 0.1) is 0 Å². The highest BCUT2D eigenvalue weighted by Gasteiger charge is 2.21. The topological polar surface area (TPSA) is 44.8 Å². The Morgan fingerprint density at radius 3 is 2.00 bits per heavy atom. The van der Waals surface area contributed by atoms with Crippen LogP contribution in [0.2, 0.25) is 0 Å². The maximum absolute atomic E-state index is 12.7. The molecule has 22 heavy (non-hydrogen) atoms. The average Bonchev–Trinajstić information content (AvgIpc) is 2.59. The minimum atomic E-state index is -0.111. The molecule has 0 fully saturated rings. The molecule has 4 heteroatoms. The number of methoxy groups -OCH3 is 3. The summed E-state index contributed by atoms with van der Waals surface area (Å²) in [6, 6.07) is 11.0. The number of rotatable bonds is 6. The van der Waals surface area contributed by atoms with Crippen molar-refractivity contribution in [3.8, 4) is 17.2 Å². The molecular weight excluding hydrogens is 280 g/mol. The molecule has 0 amide bonds. The van der Waals surface area contributed by atoms with Crippen LogP contribution in [0.5, 0.6) is 17.2 Å². The van der Waals surface area contributed by atoms with Gasteiger partial charge in [-0.15, -0.1) is 0 Å². The Hall–Kier alpha value is -2.49. The van der Waals surface area contributed by atoms with Crippen LogP contribution < -0.4 is 14.2 Å². The van der Waals surface area contributed by atoms with Crippen molar-refractivity contribution in [2.45, 2.75) is 13.3 Å². The predicted octanol–water partition coefficient (Wildman–Crippen LogP) is 3.51. The Morgan fingerprint density at radius 1 is 0.864 bits per heavy atom. The highest BCUT2D eigenvalue weighted by atomic mass is 16.5. The molecule has 4 nitrogen and oxygen atoms in total. The molecule has 0 spiro atoms. The smallest absolute Gasteiger partial charge is 0.204 e. The molecule has 116 valence electrons. The van der Waals surface area contributed by atoms with Crippen LogP contribution in [0.15, 0.2) is 36.4 Å². The van der Waals surface area contributed by atoms with E-state index in [2.05, 4.69) is 6.92 Å². The summed E-state index contributed by atoms with van der Waals surface area (Å²) >= 11 is 0. The van der Waals surface area contributed by atoms with Gasteiger partial charge in [-0.05, 0) is 24.1 Å². The molecule has 0 heterocycles. The fourth-order valence-corrected chi connectivity index (χ4v) is 2.33. The molecule has 0 aliphatic carbocycles. The number of hydrogen-bond acceptors (Lipinski definition) is 4. The van der Waals surface area contributed by atoms with Crippen molar-refractivity contribution in [1.29, 1.82) is 0 Å². The summed E-state index contributed by atoms with van der Waals surface area (Å²) in [4.78, 5) is 12.7. The lowest BCUT2D eigenvalue weighted by Crippen LogP contribution is -2.06. The number of carbonyl (C=O) groups excluding carboxylic acids is 1. The van der Waals surface area contributed by atoms with E-state index in [9.17, 15) is 4.79 Å². The first-order chi connectivity index (χ1) is 10.7. The lowest BCUT2D eigenvalue weighted by molar-refractivity contribution is 0.103. The van der Waals surface area contributed by atoms with Crippen molar-refractivity contribution in [2.24, 2.45) is 0 Å². The van der Waals surface area contributed by atoms with E-state index in [1.165, 1.54) is 19.8 Å².